The highest BCUT2D eigenvalue weighted by atomic mass is 79.9. The highest BCUT2D eigenvalue weighted by Gasteiger charge is 2.19. The fourth-order valence-corrected chi connectivity index (χ4v) is 2.62. The Balaban J connectivity index is 2.17. The van der Waals surface area contributed by atoms with Gasteiger partial charge in [0.25, 0.3) is 0 Å². The van der Waals surface area contributed by atoms with E-state index in [1.54, 1.807) is 0 Å². The van der Waals surface area contributed by atoms with Crippen LogP contribution in [0, 0.1) is 6.92 Å². The second-order valence-electron chi connectivity index (χ2n) is 5.21. The summed E-state index contributed by atoms with van der Waals surface area (Å²) in [6.07, 6.45) is 1.83. The predicted molar refractivity (Wildman–Crippen MR) is 91.6 cm³/mol. The summed E-state index contributed by atoms with van der Waals surface area (Å²) < 4.78 is 1.05. The van der Waals surface area contributed by atoms with Crippen molar-refractivity contribution in [2.75, 3.05) is 5.32 Å². The summed E-state index contributed by atoms with van der Waals surface area (Å²) in [5.41, 5.74) is 3.03. The fraction of sp³-hybridized carbons (Fsp3) is 0.278. The van der Waals surface area contributed by atoms with Gasteiger partial charge in [0, 0.05) is 10.2 Å². The zero-order valence-electron chi connectivity index (χ0n) is 12.4. The van der Waals surface area contributed by atoms with E-state index in [1.165, 1.54) is 0 Å². The molecular weight excluding hydrogens is 326 g/mol. The average Bonchev–Trinajstić information content (AvgIpc) is 2.49. The first-order valence-corrected chi connectivity index (χ1v) is 8.03. The van der Waals surface area contributed by atoms with Crippen LogP contribution in [0.2, 0.25) is 0 Å². The zero-order chi connectivity index (χ0) is 15.2. The van der Waals surface area contributed by atoms with Gasteiger partial charge in [-0.3, -0.25) is 4.79 Å². The molecule has 0 aliphatic rings. The third-order valence-electron chi connectivity index (χ3n) is 3.52. The van der Waals surface area contributed by atoms with E-state index in [0.29, 0.717) is 0 Å². The Labute approximate surface area is 134 Å². The van der Waals surface area contributed by atoms with Gasteiger partial charge in [-0.25, -0.2) is 0 Å². The monoisotopic (exact) mass is 345 g/mol. The number of amides is 1. The van der Waals surface area contributed by atoms with E-state index in [1.807, 2.05) is 55.5 Å². The van der Waals surface area contributed by atoms with E-state index in [2.05, 4.69) is 28.2 Å². The predicted octanol–water partition coefficient (Wildman–Crippen LogP) is 5.28. The molecule has 2 aromatic rings. The smallest absolute Gasteiger partial charge is 0.231 e. The highest BCUT2D eigenvalue weighted by molar-refractivity contribution is 9.10. The molecule has 0 aliphatic heterocycles. The third-order valence-corrected chi connectivity index (χ3v) is 4.41. The summed E-state index contributed by atoms with van der Waals surface area (Å²) >= 11 is 3.47. The van der Waals surface area contributed by atoms with Crippen LogP contribution < -0.4 is 5.32 Å². The van der Waals surface area contributed by atoms with Gasteiger partial charge >= 0.3 is 0 Å². The molecule has 0 fully saturated rings. The molecule has 2 rings (SSSR count). The summed E-state index contributed by atoms with van der Waals surface area (Å²) in [7, 11) is 0. The van der Waals surface area contributed by atoms with Gasteiger partial charge in [-0.2, -0.15) is 0 Å². The number of halogens is 1. The minimum absolute atomic E-state index is 0.0600. The molecule has 0 aliphatic carbocycles. The van der Waals surface area contributed by atoms with Crippen molar-refractivity contribution in [3.05, 3.63) is 64.1 Å². The van der Waals surface area contributed by atoms with Crippen LogP contribution in [0.15, 0.2) is 53.0 Å². The summed E-state index contributed by atoms with van der Waals surface area (Å²) in [5, 5.41) is 3.03. The van der Waals surface area contributed by atoms with Gasteiger partial charge in [-0.15, -0.1) is 0 Å². The van der Waals surface area contributed by atoms with E-state index < -0.39 is 0 Å². The minimum Gasteiger partial charge on any atom is -0.326 e. The lowest BCUT2D eigenvalue weighted by molar-refractivity contribution is -0.117. The van der Waals surface area contributed by atoms with Gasteiger partial charge in [0.05, 0.1) is 5.92 Å². The van der Waals surface area contributed by atoms with Crippen LogP contribution in [0.3, 0.4) is 0 Å². The Bertz CT molecular complexity index is 610. The van der Waals surface area contributed by atoms with Crippen molar-refractivity contribution in [2.45, 2.75) is 32.6 Å². The Morgan fingerprint density at radius 2 is 1.90 bits per heavy atom. The third kappa shape index (κ3) is 4.18. The Hall–Kier alpha value is -1.61. The molecule has 2 nitrogen and oxygen atoms in total. The SMILES string of the molecule is CCCC(C(=O)Nc1ccc(Br)c(C)c1)c1ccccc1. The van der Waals surface area contributed by atoms with Crippen molar-refractivity contribution >= 4 is 27.5 Å². The normalized spacial score (nSPS) is 12.0. The number of nitrogens with one attached hydrogen (secondary N) is 1. The van der Waals surface area contributed by atoms with Crippen molar-refractivity contribution in [3.63, 3.8) is 0 Å². The summed E-state index contributed by atoms with van der Waals surface area (Å²) in [6, 6.07) is 15.8. The van der Waals surface area contributed by atoms with Crippen LogP contribution in [0.5, 0.6) is 0 Å². The Morgan fingerprint density at radius 1 is 1.19 bits per heavy atom. The fourth-order valence-electron chi connectivity index (χ4n) is 2.37. The largest absolute Gasteiger partial charge is 0.326 e. The second kappa shape index (κ2) is 7.41. The zero-order valence-corrected chi connectivity index (χ0v) is 14.0. The molecule has 110 valence electrons. The molecule has 0 saturated carbocycles. The molecule has 3 heteroatoms. The molecule has 1 N–H and O–H groups in total. The lowest BCUT2D eigenvalue weighted by Crippen LogP contribution is -2.21. The van der Waals surface area contributed by atoms with E-state index in [-0.39, 0.29) is 11.8 Å². The summed E-state index contributed by atoms with van der Waals surface area (Å²) in [6.45, 7) is 4.12. The maximum Gasteiger partial charge on any atom is 0.231 e. The van der Waals surface area contributed by atoms with Crippen molar-refractivity contribution in [2.24, 2.45) is 0 Å². The first-order valence-electron chi connectivity index (χ1n) is 7.23. The number of aryl methyl sites for hydroxylation is 1. The van der Waals surface area contributed by atoms with Crippen LogP contribution in [-0.2, 0) is 4.79 Å². The van der Waals surface area contributed by atoms with Gasteiger partial charge in [-0.05, 0) is 42.7 Å². The van der Waals surface area contributed by atoms with Crippen molar-refractivity contribution < 1.29 is 4.79 Å². The Morgan fingerprint density at radius 3 is 2.52 bits per heavy atom. The molecule has 1 unspecified atom stereocenters. The first kappa shape index (κ1) is 15.8. The van der Waals surface area contributed by atoms with Crippen LogP contribution in [-0.4, -0.2) is 5.91 Å². The molecule has 21 heavy (non-hydrogen) atoms. The van der Waals surface area contributed by atoms with E-state index in [0.717, 1.165) is 34.1 Å². The number of hydrogen-bond acceptors (Lipinski definition) is 1. The van der Waals surface area contributed by atoms with Crippen molar-refractivity contribution in [1.29, 1.82) is 0 Å². The van der Waals surface area contributed by atoms with Crippen LogP contribution >= 0.6 is 15.9 Å². The van der Waals surface area contributed by atoms with Gasteiger partial charge < -0.3 is 5.32 Å². The molecule has 1 amide bonds. The van der Waals surface area contributed by atoms with Gasteiger partial charge in [-0.1, -0.05) is 59.6 Å². The molecule has 0 spiro atoms. The van der Waals surface area contributed by atoms with Crippen molar-refractivity contribution in [3.8, 4) is 0 Å². The topological polar surface area (TPSA) is 29.1 Å². The lowest BCUT2D eigenvalue weighted by Gasteiger charge is -2.17. The number of carbonyl (C=O) groups excluding carboxylic acids is 1. The standard InChI is InChI=1S/C18H20BrNO/c1-3-7-16(14-8-5-4-6-9-14)18(21)20-15-10-11-17(19)13(2)12-15/h4-6,8-12,16H,3,7H2,1-2H3,(H,20,21). The molecule has 0 aromatic heterocycles. The molecule has 0 radical (unpaired) electrons. The molecule has 2 aromatic carbocycles. The first-order chi connectivity index (χ1) is 10.1. The Kier molecular flexibility index (Phi) is 5.57. The average molecular weight is 346 g/mol. The van der Waals surface area contributed by atoms with Gasteiger partial charge in [0.2, 0.25) is 5.91 Å². The quantitative estimate of drug-likeness (QED) is 0.784. The second-order valence-corrected chi connectivity index (χ2v) is 6.06. The van der Waals surface area contributed by atoms with E-state index in [4.69, 9.17) is 0 Å². The molecule has 0 heterocycles. The number of benzene rings is 2. The van der Waals surface area contributed by atoms with Crippen molar-refractivity contribution in [1.82, 2.24) is 0 Å². The highest BCUT2D eigenvalue weighted by Crippen LogP contribution is 2.25. The summed E-state index contributed by atoms with van der Waals surface area (Å²) in [4.78, 5) is 12.6. The summed E-state index contributed by atoms with van der Waals surface area (Å²) in [5.74, 6) is -0.0371. The molecule has 1 atom stereocenters. The maximum absolute atomic E-state index is 12.6. The van der Waals surface area contributed by atoms with E-state index >= 15 is 0 Å². The molecule has 0 saturated heterocycles. The molecular formula is C18H20BrNO. The van der Waals surface area contributed by atoms with E-state index in [9.17, 15) is 4.79 Å². The molecule has 0 bridgehead atoms. The lowest BCUT2D eigenvalue weighted by atomic mass is 9.93. The van der Waals surface area contributed by atoms with Gasteiger partial charge in [0.1, 0.15) is 0 Å². The number of hydrogen-bond donors (Lipinski definition) is 1. The number of rotatable bonds is 5. The maximum atomic E-state index is 12.6. The van der Waals surface area contributed by atoms with Gasteiger partial charge in [0.15, 0.2) is 0 Å². The number of carbonyl (C=O) groups is 1. The van der Waals surface area contributed by atoms with Crippen LogP contribution in [0.25, 0.3) is 0 Å². The van der Waals surface area contributed by atoms with Crippen LogP contribution in [0.1, 0.15) is 36.8 Å². The minimum atomic E-state index is -0.0971. The number of anilines is 1. The van der Waals surface area contributed by atoms with Crippen LogP contribution in [0.4, 0.5) is 5.69 Å².